The number of benzene rings is 1. The van der Waals surface area contributed by atoms with Crippen LogP contribution in [0.5, 0.6) is 5.75 Å². The summed E-state index contributed by atoms with van der Waals surface area (Å²) in [4.78, 5) is 24.5. The molecule has 0 radical (unpaired) electrons. The Morgan fingerprint density at radius 2 is 1.75 bits per heavy atom. The molecule has 6 heteroatoms. The lowest BCUT2D eigenvalue weighted by molar-refractivity contribution is -0.149. The highest BCUT2D eigenvalue weighted by Crippen LogP contribution is 2.25. The zero-order chi connectivity index (χ0) is 17.5. The van der Waals surface area contributed by atoms with Crippen LogP contribution in [-0.2, 0) is 14.3 Å². The van der Waals surface area contributed by atoms with Gasteiger partial charge in [0.2, 0.25) is 5.91 Å². The summed E-state index contributed by atoms with van der Waals surface area (Å²) in [7, 11) is 2.79. The summed E-state index contributed by atoms with van der Waals surface area (Å²) in [6.45, 7) is 0. The first-order chi connectivity index (χ1) is 11.6. The van der Waals surface area contributed by atoms with E-state index in [2.05, 4.69) is 5.32 Å². The van der Waals surface area contributed by atoms with Crippen LogP contribution in [0.2, 0.25) is 0 Å². The molecular formula is C18H25NO5. The molecule has 2 rings (SSSR count). The lowest BCUT2D eigenvalue weighted by Crippen LogP contribution is -2.48. The van der Waals surface area contributed by atoms with Crippen molar-refractivity contribution in [3.63, 3.8) is 0 Å². The van der Waals surface area contributed by atoms with Gasteiger partial charge in [-0.05, 0) is 30.5 Å². The molecule has 24 heavy (non-hydrogen) atoms. The molecule has 0 bridgehead atoms. The van der Waals surface area contributed by atoms with Gasteiger partial charge in [0.25, 0.3) is 0 Å². The van der Waals surface area contributed by atoms with Crippen molar-refractivity contribution in [1.82, 2.24) is 5.32 Å². The van der Waals surface area contributed by atoms with Crippen LogP contribution in [-0.4, -0.2) is 37.2 Å². The molecule has 2 unspecified atom stereocenters. The molecule has 1 aromatic carbocycles. The zero-order valence-electron chi connectivity index (χ0n) is 14.2. The van der Waals surface area contributed by atoms with Gasteiger partial charge in [0.15, 0.2) is 6.04 Å². The Hall–Kier alpha value is -2.08. The second-order valence-corrected chi connectivity index (χ2v) is 6.06. The van der Waals surface area contributed by atoms with Crippen LogP contribution in [0.4, 0.5) is 0 Å². The standard InChI is InChI=1S/C18H25NO5/c1-23-14-10-8-12(9-11-14)16(20)15(18(22)24-2)19-17(21)13-6-4-3-5-7-13/h8-11,13,15-16,20H,3-7H2,1-2H3,(H,19,21). The molecule has 1 saturated carbocycles. The molecule has 132 valence electrons. The highest BCUT2D eigenvalue weighted by molar-refractivity contribution is 5.86. The molecule has 0 heterocycles. The SMILES string of the molecule is COC(=O)C(NC(=O)C1CCCCC1)C(O)c1ccc(OC)cc1. The summed E-state index contributed by atoms with van der Waals surface area (Å²) >= 11 is 0. The number of methoxy groups -OCH3 is 2. The lowest BCUT2D eigenvalue weighted by atomic mass is 9.88. The summed E-state index contributed by atoms with van der Waals surface area (Å²) < 4.78 is 9.83. The quantitative estimate of drug-likeness (QED) is 0.777. The molecule has 0 spiro atoms. The molecule has 1 aliphatic rings. The summed E-state index contributed by atoms with van der Waals surface area (Å²) in [6.07, 6.45) is 3.62. The van der Waals surface area contributed by atoms with E-state index in [0.29, 0.717) is 11.3 Å². The van der Waals surface area contributed by atoms with E-state index in [4.69, 9.17) is 9.47 Å². The van der Waals surface area contributed by atoms with Crippen LogP contribution < -0.4 is 10.1 Å². The number of aliphatic hydroxyl groups excluding tert-OH is 1. The van der Waals surface area contributed by atoms with Crippen molar-refractivity contribution in [3.8, 4) is 5.75 Å². The third-order valence-corrected chi connectivity index (χ3v) is 4.50. The molecule has 0 saturated heterocycles. The van der Waals surface area contributed by atoms with Gasteiger partial charge in [-0.1, -0.05) is 31.4 Å². The number of esters is 1. The van der Waals surface area contributed by atoms with Crippen LogP contribution >= 0.6 is 0 Å². The Bertz CT molecular complexity index is 551. The van der Waals surface area contributed by atoms with Gasteiger partial charge in [-0.15, -0.1) is 0 Å². The fourth-order valence-electron chi connectivity index (χ4n) is 3.02. The van der Waals surface area contributed by atoms with E-state index >= 15 is 0 Å². The maximum Gasteiger partial charge on any atom is 0.331 e. The molecule has 1 fully saturated rings. The smallest absolute Gasteiger partial charge is 0.331 e. The summed E-state index contributed by atoms with van der Waals surface area (Å²) in [5, 5.41) is 13.2. The van der Waals surface area contributed by atoms with Gasteiger partial charge in [-0.2, -0.15) is 0 Å². The Balaban J connectivity index is 2.11. The van der Waals surface area contributed by atoms with Gasteiger partial charge >= 0.3 is 5.97 Å². The summed E-state index contributed by atoms with van der Waals surface area (Å²) in [6, 6.07) is 5.57. The van der Waals surface area contributed by atoms with Crippen LogP contribution in [0.1, 0.15) is 43.8 Å². The number of carbonyl (C=O) groups excluding carboxylic acids is 2. The highest BCUT2D eigenvalue weighted by atomic mass is 16.5. The van der Waals surface area contributed by atoms with Crippen LogP contribution in [0.15, 0.2) is 24.3 Å². The molecule has 1 aromatic rings. The monoisotopic (exact) mass is 335 g/mol. The van der Waals surface area contributed by atoms with Gasteiger partial charge in [0.05, 0.1) is 14.2 Å². The largest absolute Gasteiger partial charge is 0.497 e. The van der Waals surface area contributed by atoms with Crippen molar-refractivity contribution in [2.45, 2.75) is 44.2 Å². The van der Waals surface area contributed by atoms with Crippen molar-refractivity contribution in [2.24, 2.45) is 5.92 Å². The first-order valence-electron chi connectivity index (χ1n) is 8.27. The molecule has 2 N–H and O–H groups in total. The van der Waals surface area contributed by atoms with Crippen molar-refractivity contribution in [2.75, 3.05) is 14.2 Å². The maximum atomic E-state index is 12.4. The fraction of sp³-hybridized carbons (Fsp3) is 0.556. The third-order valence-electron chi connectivity index (χ3n) is 4.50. The van der Waals surface area contributed by atoms with Crippen molar-refractivity contribution < 1.29 is 24.2 Å². The number of aliphatic hydroxyl groups is 1. The number of hydrogen-bond donors (Lipinski definition) is 2. The number of ether oxygens (including phenoxy) is 2. The topological polar surface area (TPSA) is 84.9 Å². The van der Waals surface area contributed by atoms with Gasteiger partial charge < -0.3 is 19.9 Å². The Morgan fingerprint density at radius 1 is 1.12 bits per heavy atom. The summed E-state index contributed by atoms with van der Waals surface area (Å²) in [5.41, 5.74) is 0.509. The zero-order valence-corrected chi connectivity index (χ0v) is 14.2. The van der Waals surface area contributed by atoms with Crippen LogP contribution in [0.25, 0.3) is 0 Å². The predicted octanol–water partition coefficient (Wildman–Crippen LogP) is 1.97. The molecule has 1 amide bonds. The van der Waals surface area contributed by atoms with E-state index < -0.39 is 18.1 Å². The van der Waals surface area contributed by atoms with E-state index in [1.54, 1.807) is 31.4 Å². The first kappa shape index (κ1) is 18.3. The molecule has 6 nitrogen and oxygen atoms in total. The predicted molar refractivity (Wildman–Crippen MR) is 88.5 cm³/mol. The molecule has 1 aliphatic carbocycles. The number of nitrogens with one attached hydrogen (secondary N) is 1. The molecule has 0 aromatic heterocycles. The number of carbonyl (C=O) groups is 2. The third kappa shape index (κ3) is 4.47. The molecule has 2 atom stereocenters. The first-order valence-corrected chi connectivity index (χ1v) is 8.27. The van der Waals surface area contributed by atoms with Crippen molar-refractivity contribution in [1.29, 1.82) is 0 Å². The van der Waals surface area contributed by atoms with Crippen molar-refractivity contribution in [3.05, 3.63) is 29.8 Å². The minimum Gasteiger partial charge on any atom is -0.497 e. The fourth-order valence-corrected chi connectivity index (χ4v) is 3.02. The average molecular weight is 335 g/mol. The van der Waals surface area contributed by atoms with E-state index in [1.165, 1.54) is 7.11 Å². The second kappa shape index (κ2) is 8.68. The van der Waals surface area contributed by atoms with E-state index in [9.17, 15) is 14.7 Å². The normalized spacial score (nSPS) is 17.6. The van der Waals surface area contributed by atoms with Crippen LogP contribution in [0.3, 0.4) is 0 Å². The Morgan fingerprint density at radius 3 is 2.29 bits per heavy atom. The van der Waals surface area contributed by atoms with Crippen molar-refractivity contribution >= 4 is 11.9 Å². The minimum absolute atomic E-state index is 0.103. The second-order valence-electron chi connectivity index (χ2n) is 6.06. The van der Waals surface area contributed by atoms with Gasteiger partial charge in [-0.3, -0.25) is 4.79 Å². The Kier molecular flexibility index (Phi) is 6.61. The van der Waals surface area contributed by atoms with E-state index in [1.807, 2.05) is 0 Å². The van der Waals surface area contributed by atoms with E-state index in [-0.39, 0.29) is 11.8 Å². The van der Waals surface area contributed by atoms with Gasteiger partial charge in [0.1, 0.15) is 11.9 Å². The highest BCUT2D eigenvalue weighted by Gasteiger charge is 2.33. The van der Waals surface area contributed by atoms with Gasteiger partial charge in [0, 0.05) is 5.92 Å². The van der Waals surface area contributed by atoms with Crippen LogP contribution in [0, 0.1) is 5.92 Å². The number of amides is 1. The van der Waals surface area contributed by atoms with Gasteiger partial charge in [-0.25, -0.2) is 4.79 Å². The summed E-state index contributed by atoms with van der Waals surface area (Å²) in [5.74, 6) is -0.319. The minimum atomic E-state index is -1.18. The molecular weight excluding hydrogens is 310 g/mol. The Labute approximate surface area is 142 Å². The lowest BCUT2D eigenvalue weighted by Gasteiger charge is -2.26. The maximum absolute atomic E-state index is 12.4. The van der Waals surface area contributed by atoms with E-state index in [0.717, 1.165) is 32.1 Å². The number of rotatable bonds is 6. The average Bonchev–Trinajstić information content (AvgIpc) is 2.65. The molecule has 0 aliphatic heterocycles. The number of hydrogen-bond acceptors (Lipinski definition) is 5.